The monoisotopic (exact) mass is 928 g/mol. The minimum atomic E-state index is -0.997. The smallest absolute Gasteiger partial charge is 0.407 e. The lowest BCUT2D eigenvalue weighted by Crippen LogP contribution is -2.52. The zero-order valence-electron chi connectivity index (χ0n) is 40.3. The molecule has 15 nitrogen and oxygen atoms in total. The fourth-order valence-corrected chi connectivity index (χ4v) is 7.63. The highest BCUT2D eigenvalue weighted by atomic mass is 16.6. The van der Waals surface area contributed by atoms with Crippen LogP contribution in [0.15, 0.2) is 78.9 Å². The van der Waals surface area contributed by atoms with Crippen LogP contribution in [-0.2, 0) is 39.9 Å². The third-order valence-corrected chi connectivity index (χ3v) is 10.8. The molecule has 366 valence electrons. The number of amides is 5. The number of hydrogen-bond donors (Lipinski definition) is 5. The Morgan fingerprint density at radius 1 is 0.522 bits per heavy atom. The summed E-state index contributed by atoms with van der Waals surface area (Å²) in [5, 5.41) is 14.0. The number of rotatable bonds is 26. The van der Waals surface area contributed by atoms with Crippen LogP contribution >= 0.6 is 0 Å². The number of nitrogens with one attached hydrogen (secondary N) is 5. The zero-order chi connectivity index (χ0) is 48.7. The molecule has 1 aliphatic carbocycles. The molecule has 2 unspecified atom stereocenters. The molecule has 3 aromatic carbocycles. The van der Waals surface area contributed by atoms with Crippen LogP contribution in [0.25, 0.3) is 11.1 Å². The molecule has 0 heterocycles. The quantitative estimate of drug-likeness (QED) is 0.0294. The molecular formula is C52H73N5O10. The van der Waals surface area contributed by atoms with E-state index in [0.29, 0.717) is 51.7 Å². The first-order valence-electron chi connectivity index (χ1n) is 23.8. The summed E-state index contributed by atoms with van der Waals surface area (Å²) in [6.45, 7) is 12.1. The molecule has 15 heteroatoms. The summed E-state index contributed by atoms with van der Waals surface area (Å²) in [6, 6.07) is 23.8. The van der Waals surface area contributed by atoms with Crippen LogP contribution in [0.5, 0.6) is 0 Å². The number of carbonyl (C=O) groups is 6. The number of fused-ring (bicyclic) bond motifs is 3. The predicted molar refractivity (Wildman–Crippen MR) is 257 cm³/mol. The third kappa shape index (κ3) is 20.5. The Morgan fingerprint density at radius 2 is 1.01 bits per heavy atom. The van der Waals surface area contributed by atoms with Gasteiger partial charge < -0.3 is 45.5 Å². The van der Waals surface area contributed by atoms with Gasteiger partial charge in [-0.25, -0.2) is 19.2 Å². The topological polar surface area (TPSA) is 199 Å². The van der Waals surface area contributed by atoms with E-state index in [2.05, 4.69) is 50.8 Å². The third-order valence-electron chi connectivity index (χ3n) is 10.8. The van der Waals surface area contributed by atoms with E-state index in [0.717, 1.165) is 42.4 Å². The first-order chi connectivity index (χ1) is 32.0. The molecule has 0 aliphatic heterocycles. The largest absolute Gasteiger partial charge is 0.458 e. The van der Waals surface area contributed by atoms with Gasteiger partial charge in [-0.3, -0.25) is 9.59 Å². The number of alkyl carbamates (subject to hydrolysis) is 3. The molecule has 1 aliphatic rings. The highest BCUT2D eigenvalue weighted by Gasteiger charge is 2.31. The van der Waals surface area contributed by atoms with Crippen LogP contribution in [-0.4, -0.2) is 85.6 Å². The lowest BCUT2D eigenvalue weighted by molar-refractivity contribution is -0.159. The van der Waals surface area contributed by atoms with Crippen molar-refractivity contribution in [3.05, 3.63) is 95.6 Å². The van der Waals surface area contributed by atoms with E-state index in [1.165, 1.54) is 11.1 Å². The van der Waals surface area contributed by atoms with Gasteiger partial charge in [0.1, 0.15) is 36.5 Å². The molecule has 0 saturated heterocycles. The van der Waals surface area contributed by atoms with Gasteiger partial charge in [0.2, 0.25) is 11.8 Å². The first kappa shape index (κ1) is 53.5. The van der Waals surface area contributed by atoms with Crippen LogP contribution in [0.4, 0.5) is 14.4 Å². The number of benzene rings is 3. The molecule has 0 bridgehead atoms. The van der Waals surface area contributed by atoms with Crippen molar-refractivity contribution in [2.24, 2.45) is 0 Å². The minimum absolute atomic E-state index is 0.00228. The normalized spacial score (nSPS) is 12.9. The molecule has 2 atom stereocenters. The molecule has 4 rings (SSSR count). The summed E-state index contributed by atoms with van der Waals surface area (Å²) in [6.07, 6.45) is 5.02. The molecule has 0 saturated carbocycles. The van der Waals surface area contributed by atoms with Gasteiger partial charge in [0.15, 0.2) is 0 Å². The lowest BCUT2D eigenvalue weighted by atomic mass is 9.98. The molecule has 0 fully saturated rings. The SMILES string of the molecule is CC(C)(C)OC(=O)NCCCCC(NC(=O)CCCCCCCNC(=O)OCC1c2ccccc2-c2ccccc21)C(=O)NC(CCCCNC(=O)OCc1ccccc1)C(=O)OC(C)(C)C. The summed E-state index contributed by atoms with van der Waals surface area (Å²) >= 11 is 0. The highest BCUT2D eigenvalue weighted by Crippen LogP contribution is 2.44. The Hall–Kier alpha value is -6.12. The van der Waals surface area contributed by atoms with Crippen LogP contribution in [0, 0.1) is 0 Å². The Labute approximate surface area is 396 Å². The van der Waals surface area contributed by atoms with Crippen molar-refractivity contribution in [1.82, 2.24) is 26.6 Å². The highest BCUT2D eigenvalue weighted by molar-refractivity contribution is 5.90. The molecule has 0 spiro atoms. The number of unbranched alkanes of at least 4 members (excludes halogenated alkanes) is 6. The van der Waals surface area contributed by atoms with Gasteiger partial charge in [0.25, 0.3) is 0 Å². The first-order valence-corrected chi connectivity index (χ1v) is 23.8. The summed E-state index contributed by atoms with van der Waals surface area (Å²) in [7, 11) is 0. The van der Waals surface area contributed by atoms with Crippen molar-refractivity contribution in [2.45, 2.75) is 154 Å². The van der Waals surface area contributed by atoms with E-state index in [4.69, 9.17) is 18.9 Å². The lowest BCUT2D eigenvalue weighted by Gasteiger charge is -2.26. The van der Waals surface area contributed by atoms with Gasteiger partial charge in [-0.05, 0) is 121 Å². The summed E-state index contributed by atoms with van der Waals surface area (Å²) in [5.74, 6) is -1.41. The van der Waals surface area contributed by atoms with Crippen molar-refractivity contribution < 1.29 is 47.7 Å². The van der Waals surface area contributed by atoms with E-state index in [9.17, 15) is 28.8 Å². The predicted octanol–water partition coefficient (Wildman–Crippen LogP) is 8.97. The van der Waals surface area contributed by atoms with Crippen LogP contribution in [0.1, 0.15) is 141 Å². The van der Waals surface area contributed by atoms with Crippen molar-refractivity contribution in [3.8, 4) is 11.1 Å². The summed E-state index contributed by atoms with van der Waals surface area (Å²) < 4.78 is 21.9. The van der Waals surface area contributed by atoms with Crippen molar-refractivity contribution >= 4 is 36.1 Å². The Kier molecular flexibility index (Phi) is 22.0. The number of carbonyl (C=O) groups excluding carboxylic acids is 6. The fourth-order valence-electron chi connectivity index (χ4n) is 7.63. The van der Waals surface area contributed by atoms with E-state index in [1.54, 1.807) is 41.5 Å². The van der Waals surface area contributed by atoms with E-state index >= 15 is 0 Å². The average molecular weight is 928 g/mol. The van der Waals surface area contributed by atoms with Crippen LogP contribution in [0.2, 0.25) is 0 Å². The molecule has 0 aromatic heterocycles. The van der Waals surface area contributed by atoms with Crippen LogP contribution in [0.3, 0.4) is 0 Å². The zero-order valence-corrected chi connectivity index (χ0v) is 40.3. The standard InChI is InChI=1S/C52H73N5O10/c1-51(2,3)66-47(60)44(30-19-22-33-54-48(61)64-35-37-23-11-10-12-24-37)57-46(59)43(29-18-21-34-55-50(63)67-52(4,5)6)56-45(58)31-13-8-7-9-20-32-53-49(62)65-36-42-40-27-16-14-25-38(40)39-26-15-17-28-41(39)42/h10-12,14-17,23-28,42-44H,7-9,13,18-22,29-36H2,1-6H3,(H,53,62)(H,54,61)(H,55,63)(H,56,58)(H,57,59). The number of esters is 1. The number of ether oxygens (including phenoxy) is 4. The molecule has 3 aromatic rings. The van der Waals surface area contributed by atoms with E-state index in [-0.39, 0.29) is 44.3 Å². The Balaban J connectivity index is 1.20. The van der Waals surface area contributed by atoms with E-state index < -0.39 is 53.4 Å². The maximum absolute atomic E-state index is 13.8. The maximum atomic E-state index is 13.8. The second-order valence-electron chi connectivity index (χ2n) is 18.9. The summed E-state index contributed by atoms with van der Waals surface area (Å²) in [4.78, 5) is 77.4. The molecule has 67 heavy (non-hydrogen) atoms. The van der Waals surface area contributed by atoms with Gasteiger partial charge in [-0.1, -0.05) is 98.1 Å². The van der Waals surface area contributed by atoms with Crippen molar-refractivity contribution in [1.29, 1.82) is 0 Å². The second kappa shape index (κ2) is 27.5. The Morgan fingerprint density at radius 3 is 1.61 bits per heavy atom. The Bertz CT molecular complexity index is 2000. The minimum Gasteiger partial charge on any atom is -0.458 e. The van der Waals surface area contributed by atoms with Gasteiger partial charge in [0.05, 0.1) is 0 Å². The van der Waals surface area contributed by atoms with Gasteiger partial charge in [-0.15, -0.1) is 0 Å². The number of hydrogen-bond acceptors (Lipinski definition) is 10. The van der Waals surface area contributed by atoms with Gasteiger partial charge >= 0.3 is 24.2 Å². The second-order valence-corrected chi connectivity index (χ2v) is 18.9. The van der Waals surface area contributed by atoms with Crippen LogP contribution < -0.4 is 26.6 Å². The summed E-state index contributed by atoms with van der Waals surface area (Å²) in [5.41, 5.74) is 4.09. The molecule has 0 radical (unpaired) electrons. The molecular weight excluding hydrogens is 855 g/mol. The molecule has 5 amide bonds. The fraction of sp³-hybridized carbons (Fsp3) is 0.538. The van der Waals surface area contributed by atoms with E-state index in [1.807, 2.05) is 54.6 Å². The van der Waals surface area contributed by atoms with Crippen molar-refractivity contribution in [2.75, 3.05) is 26.2 Å². The van der Waals surface area contributed by atoms with Crippen molar-refractivity contribution in [3.63, 3.8) is 0 Å². The average Bonchev–Trinajstić information content (AvgIpc) is 3.59. The molecule has 5 N–H and O–H groups in total. The maximum Gasteiger partial charge on any atom is 0.407 e. The van der Waals surface area contributed by atoms with Gasteiger partial charge in [0, 0.05) is 32.0 Å². The van der Waals surface area contributed by atoms with Gasteiger partial charge in [-0.2, -0.15) is 0 Å².